The molecule has 6 nitrogen and oxygen atoms in total. The number of halogens is 3. The number of hydrogen-bond acceptors (Lipinski definition) is 6. The summed E-state index contributed by atoms with van der Waals surface area (Å²) in [6.07, 6.45) is -3.57. The summed E-state index contributed by atoms with van der Waals surface area (Å²) < 4.78 is 64.0. The molecule has 194 valence electrons. The van der Waals surface area contributed by atoms with Crippen molar-refractivity contribution in [3.63, 3.8) is 0 Å². The summed E-state index contributed by atoms with van der Waals surface area (Å²) in [7, 11) is 0. The van der Waals surface area contributed by atoms with Crippen molar-refractivity contribution in [2.24, 2.45) is 0 Å². The molecule has 0 bridgehead atoms. The molecule has 2 aromatic carbocycles. The third-order valence-corrected chi connectivity index (χ3v) is 7.14. The number of epoxide rings is 4. The van der Waals surface area contributed by atoms with Crippen molar-refractivity contribution in [1.82, 2.24) is 0 Å². The lowest BCUT2D eigenvalue weighted by Gasteiger charge is -2.26. The van der Waals surface area contributed by atoms with E-state index in [2.05, 4.69) is 11.0 Å². The minimum Gasteiger partial charge on any atom is -0.371 e. The number of ether oxygens (including phenoxy) is 4. The van der Waals surface area contributed by atoms with E-state index in [9.17, 15) is 13.2 Å². The Hall–Kier alpha value is -2.33. The molecular formula is C27H31F3N2O4. The van der Waals surface area contributed by atoms with E-state index in [0.29, 0.717) is 32.0 Å². The predicted octanol–water partition coefficient (Wildman–Crippen LogP) is 3.81. The molecule has 0 N–H and O–H groups in total. The van der Waals surface area contributed by atoms with Crippen LogP contribution in [0.1, 0.15) is 22.3 Å². The molecule has 0 aliphatic carbocycles. The molecule has 0 saturated carbocycles. The molecule has 4 aliphatic rings. The highest BCUT2D eigenvalue weighted by molar-refractivity contribution is 5.55. The fourth-order valence-corrected chi connectivity index (χ4v) is 4.71. The van der Waals surface area contributed by atoms with Gasteiger partial charge >= 0.3 is 6.18 Å². The molecule has 0 spiro atoms. The maximum absolute atomic E-state index is 14.2. The second-order valence-electron chi connectivity index (χ2n) is 10.3. The van der Waals surface area contributed by atoms with Crippen LogP contribution in [0, 0.1) is 6.92 Å². The van der Waals surface area contributed by atoms with Crippen molar-refractivity contribution in [1.29, 1.82) is 0 Å². The lowest BCUT2D eigenvalue weighted by Crippen LogP contribution is -2.32. The molecule has 4 atom stereocenters. The first-order valence-corrected chi connectivity index (χ1v) is 12.6. The third kappa shape index (κ3) is 6.14. The molecule has 9 heteroatoms. The zero-order valence-electron chi connectivity index (χ0n) is 20.3. The summed E-state index contributed by atoms with van der Waals surface area (Å²) in [6, 6.07) is 10.7. The minimum absolute atomic E-state index is 0.0800. The molecule has 0 radical (unpaired) electrons. The van der Waals surface area contributed by atoms with Gasteiger partial charge in [0.1, 0.15) is 0 Å². The fourth-order valence-electron chi connectivity index (χ4n) is 4.71. The van der Waals surface area contributed by atoms with Crippen molar-refractivity contribution < 1.29 is 32.1 Å². The van der Waals surface area contributed by atoms with Gasteiger partial charge in [-0.15, -0.1) is 0 Å². The highest BCUT2D eigenvalue weighted by atomic mass is 19.4. The Morgan fingerprint density at radius 1 is 0.694 bits per heavy atom. The molecule has 4 heterocycles. The first kappa shape index (κ1) is 24.0. The van der Waals surface area contributed by atoms with Crippen LogP contribution in [-0.2, 0) is 31.5 Å². The van der Waals surface area contributed by atoms with E-state index < -0.39 is 11.7 Å². The first-order valence-electron chi connectivity index (χ1n) is 12.6. The van der Waals surface area contributed by atoms with Gasteiger partial charge in [0.15, 0.2) is 0 Å². The van der Waals surface area contributed by atoms with E-state index in [-0.39, 0.29) is 36.4 Å². The topological polar surface area (TPSA) is 56.6 Å². The van der Waals surface area contributed by atoms with Crippen LogP contribution in [0.15, 0.2) is 36.4 Å². The Labute approximate surface area is 208 Å². The van der Waals surface area contributed by atoms with E-state index in [1.54, 1.807) is 12.1 Å². The van der Waals surface area contributed by atoms with Crippen LogP contribution in [0.4, 0.5) is 24.5 Å². The second-order valence-corrected chi connectivity index (χ2v) is 10.3. The summed E-state index contributed by atoms with van der Waals surface area (Å²) >= 11 is 0. The van der Waals surface area contributed by atoms with Crippen molar-refractivity contribution >= 4 is 11.4 Å². The molecule has 6 rings (SSSR count). The number of aryl methyl sites for hydroxylation is 1. The predicted molar refractivity (Wildman–Crippen MR) is 129 cm³/mol. The van der Waals surface area contributed by atoms with Gasteiger partial charge in [-0.2, -0.15) is 13.2 Å². The Morgan fingerprint density at radius 2 is 1.11 bits per heavy atom. The molecule has 2 aromatic rings. The smallest absolute Gasteiger partial charge is 0.371 e. The number of nitrogens with zero attached hydrogens (tertiary/aromatic N) is 2. The van der Waals surface area contributed by atoms with Crippen LogP contribution in [0.3, 0.4) is 0 Å². The van der Waals surface area contributed by atoms with Gasteiger partial charge in [0.2, 0.25) is 0 Å². The first-order chi connectivity index (χ1) is 17.3. The summed E-state index contributed by atoms with van der Waals surface area (Å²) in [5.74, 6) is 0. The van der Waals surface area contributed by atoms with Gasteiger partial charge in [0.25, 0.3) is 0 Å². The Morgan fingerprint density at radius 3 is 1.50 bits per heavy atom. The van der Waals surface area contributed by atoms with Gasteiger partial charge in [-0.05, 0) is 54.3 Å². The normalized spacial score (nSPS) is 26.0. The number of benzene rings is 2. The average molecular weight is 505 g/mol. The standard InChI is InChI=1S/C27H31F3N2O4/c1-17-6-20(31(9-22-13-33-22)10-23-14-34-23)4-2-18(17)7-19-3-5-21(8-26(19)27(28,29)30)32(11-24-15-35-24)12-25-16-36-25/h2-6,8,22-25H,7,9-16H2,1H3. The molecule has 0 amide bonds. The average Bonchev–Trinajstić information content (AvgIpc) is 3.67. The van der Waals surface area contributed by atoms with Gasteiger partial charge in [0.05, 0.1) is 56.4 Å². The van der Waals surface area contributed by atoms with E-state index in [0.717, 1.165) is 43.1 Å². The van der Waals surface area contributed by atoms with Crippen molar-refractivity contribution in [2.75, 3.05) is 62.4 Å². The van der Waals surface area contributed by atoms with Gasteiger partial charge < -0.3 is 28.7 Å². The SMILES string of the molecule is Cc1cc(N(CC2CO2)CC2CO2)ccc1Cc1ccc(N(CC2CO2)CC2CO2)cc1C(F)(F)F. The maximum atomic E-state index is 14.2. The number of rotatable bonds is 12. The Kier molecular flexibility index (Phi) is 6.35. The van der Waals surface area contributed by atoms with Crippen LogP contribution < -0.4 is 9.80 Å². The highest BCUT2D eigenvalue weighted by Crippen LogP contribution is 2.37. The number of alkyl halides is 3. The summed E-state index contributed by atoms with van der Waals surface area (Å²) in [5.41, 5.74) is 3.17. The van der Waals surface area contributed by atoms with Gasteiger partial charge in [-0.25, -0.2) is 0 Å². The number of hydrogen-bond donors (Lipinski definition) is 0. The van der Waals surface area contributed by atoms with Crippen LogP contribution in [0.2, 0.25) is 0 Å². The van der Waals surface area contributed by atoms with E-state index in [1.807, 2.05) is 24.0 Å². The van der Waals surface area contributed by atoms with E-state index in [4.69, 9.17) is 18.9 Å². The largest absolute Gasteiger partial charge is 0.416 e. The van der Waals surface area contributed by atoms with E-state index in [1.165, 1.54) is 6.07 Å². The van der Waals surface area contributed by atoms with Gasteiger partial charge in [0, 0.05) is 37.6 Å². The van der Waals surface area contributed by atoms with Gasteiger partial charge in [-0.1, -0.05) is 12.1 Å². The fraction of sp³-hybridized carbons (Fsp3) is 0.556. The van der Waals surface area contributed by atoms with Gasteiger partial charge in [-0.3, -0.25) is 0 Å². The molecule has 4 fully saturated rings. The molecule has 0 aromatic heterocycles. The van der Waals surface area contributed by atoms with Crippen LogP contribution in [-0.4, -0.2) is 77.0 Å². The van der Waals surface area contributed by atoms with Crippen molar-refractivity contribution in [2.45, 2.75) is 43.9 Å². The third-order valence-electron chi connectivity index (χ3n) is 7.14. The molecule has 4 saturated heterocycles. The van der Waals surface area contributed by atoms with Crippen LogP contribution in [0.25, 0.3) is 0 Å². The maximum Gasteiger partial charge on any atom is 0.416 e. The number of anilines is 2. The minimum atomic E-state index is -4.44. The summed E-state index contributed by atoms with van der Waals surface area (Å²) in [5, 5.41) is 0. The molecule has 36 heavy (non-hydrogen) atoms. The lowest BCUT2D eigenvalue weighted by molar-refractivity contribution is -0.138. The van der Waals surface area contributed by atoms with E-state index >= 15 is 0 Å². The monoisotopic (exact) mass is 504 g/mol. The quantitative estimate of drug-likeness (QED) is 0.410. The summed E-state index contributed by atoms with van der Waals surface area (Å²) in [6.45, 7) is 7.56. The second kappa shape index (κ2) is 9.52. The Balaban J connectivity index is 1.23. The zero-order valence-corrected chi connectivity index (χ0v) is 20.3. The van der Waals surface area contributed by atoms with Crippen molar-refractivity contribution in [3.8, 4) is 0 Å². The lowest BCUT2D eigenvalue weighted by atomic mass is 9.95. The highest BCUT2D eigenvalue weighted by Gasteiger charge is 2.36. The summed E-state index contributed by atoms with van der Waals surface area (Å²) in [4.78, 5) is 4.21. The van der Waals surface area contributed by atoms with Crippen LogP contribution in [0.5, 0.6) is 0 Å². The van der Waals surface area contributed by atoms with Crippen molar-refractivity contribution in [3.05, 3.63) is 58.7 Å². The Bertz CT molecular complexity index is 1070. The molecular weight excluding hydrogens is 473 g/mol. The molecule has 4 aliphatic heterocycles. The zero-order chi connectivity index (χ0) is 24.9. The molecule has 4 unspecified atom stereocenters. The van der Waals surface area contributed by atoms with Crippen LogP contribution >= 0.6 is 0 Å².